The van der Waals surface area contributed by atoms with Crippen molar-refractivity contribution in [3.05, 3.63) is 36.2 Å². The Morgan fingerprint density at radius 2 is 1.65 bits per heavy atom. The molecule has 1 saturated carbocycles. The van der Waals surface area contributed by atoms with E-state index in [1.807, 2.05) is 44.3 Å². The molecule has 0 atom stereocenters. The summed E-state index contributed by atoms with van der Waals surface area (Å²) in [5.41, 5.74) is 2.10. The lowest BCUT2D eigenvalue weighted by Crippen LogP contribution is -2.06. The highest BCUT2D eigenvalue weighted by Crippen LogP contribution is 2.25. The summed E-state index contributed by atoms with van der Waals surface area (Å²) < 4.78 is 0. The van der Waals surface area contributed by atoms with Crippen molar-refractivity contribution in [2.45, 2.75) is 25.8 Å². The van der Waals surface area contributed by atoms with Crippen LogP contribution in [0, 0.1) is 6.92 Å². The molecule has 0 spiro atoms. The van der Waals surface area contributed by atoms with Gasteiger partial charge in [0.05, 0.1) is 0 Å². The zero-order chi connectivity index (χ0) is 13.9. The zero-order valence-corrected chi connectivity index (χ0v) is 11.8. The van der Waals surface area contributed by atoms with E-state index in [1.54, 1.807) is 0 Å². The smallest absolute Gasteiger partial charge is 0.136 e. The second-order valence-electron chi connectivity index (χ2n) is 5.06. The van der Waals surface area contributed by atoms with Crippen LogP contribution in [0.2, 0.25) is 0 Å². The van der Waals surface area contributed by atoms with Gasteiger partial charge in [-0.15, -0.1) is 0 Å². The molecule has 20 heavy (non-hydrogen) atoms. The highest BCUT2D eigenvalue weighted by Gasteiger charge is 2.21. The average Bonchev–Trinajstić information content (AvgIpc) is 3.23. The van der Waals surface area contributed by atoms with Crippen LogP contribution in [0.3, 0.4) is 0 Å². The number of hydrogen-bond donors (Lipinski definition) is 3. The molecular weight excluding hydrogens is 250 g/mol. The molecule has 1 aromatic carbocycles. The van der Waals surface area contributed by atoms with Gasteiger partial charge in [0.25, 0.3) is 0 Å². The second-order valence-corrected chi connectivity index (χ2v) is 5.06. The SMILES string of the molecule is CNc1ccc(Nc2cc(NC3CC3)nc(C)n2)cc1. The third-order valence-corrected chi connectivity index (χ3v) is 3.21. The van der Waals surface area contributed by atoms with Gasteiger partial charge < -0.3 is 16.0 Å². The number of anilines is 4. The topological polar surface area (TPSA) is 61.9 Å². The van der Waals surface area contributed by atoms with Crippen LogP contribution in [-0.4, -0.2) is 23.1 Å². The fraction of sp³-hybridized carbons (Fsp3) is 0.333. The van der Waals surface area contributed by atoms with Gasteiger partial charge in [-0.1, -0.05) is 0 Å². The summed E-state index contributed by atoms with van der Waals surface area (Å²) in [6.07, 6.45) is 2.47. The standard InChI is InChI=1S/C15H19N5/c1-10-17-14(9-15(18-10)20-13-7-8-13)19-12-5-3-11(16-2)4-6-12/h3-6,9,13,16H,7-8H2,1-2H3,(H2,17,18,19,20). The number of aromatic nitrogens is 2. The Kier molecular flexibility index (Phi) is 3.41. The van der Waals surface area contributed by atoms with E-state index in [0.717, 1.165) is 28.8 Å². The lowest BCUT2D eigenvalue weighted by molar-refractivity contribution is 1.02. The van der Waals surface area contributed by atoms with Crippen molar-refractivity contribution in [2.24, 2.45) is 0 Å². The first-order valence-electron chi connectivity index (χ1n) is 6.90. The van der Waals surface area contributed by atoms with Gasteiger partial charge in [0.1, 0.15) is 17.5 Å². The maximum atomic E-state index is 4.42. The summed E-state index contributed by atoms with van der Waals surface area (Å²) in [6.45, 7) is 1.91. The average molecular weight is 269 g/mol. The number of nitrogens with one attached hydrogen (secondary N) is 3. The Balaban J connectivity index is 1.76. The molecule has 1 aromatic heterocycles. The molecule has 3 rings (SSSR count). The normalized spacial score (nSPS) is 13.9. The van der Waals surface area contributed by atoms with Gasteiger partial charge in [-0.05, 0) is 44.0 Å². The third kappa shape index (κ3) is 3.17. The van der Waals surface area contributed by atoms with Crippen LogP contribution in [0.15, 0.2) is 30.3 Å². The minimum atomic E-state index is 0.590. The van der Waals surface area contributed by atoms with Gasteiger partial charge in [0.15, 0.2) is 0 Å². The molecular formula is C15H19N5. The van der Waals surface area contributed by atoms with Crippen LogP contribution in [0.5, 0.6) is 0 Å². The van der Waals surface area contributed by atoms with Crippen LogP contribution in [-0.2, 0) is 0 Å². The number of benzene rings is 1. The molecule has 0 amide bonds. The Morgan fingerprint density at radius 1 is 1.00 bits per heavy atom. The first kappa shape index (κ1) is 12.7. The molecule has 1 aliphatic rings. The molecule has 2 aromatic rings. The van der Waals surface area contributed by atoms with Crippen LogP contribution >= 0.6 is 0 Å². The third-order valence-electron chi connectivity index (χ3n) is 3.21. The van der Waals surface area contributed by atoms with E-state index < -0.39 is 0 Å². The summed E-state index contributed by atoms with van der Waals surface area (Å²) in [5, 5.41) is 9.81. The predicted octanol–water partition coefficient (Wildman–Crippen LogP) is 3.14. The van der Waals surface area contributed by atoms with Crippen molar-refractivity contribution in [2.75, 3.05) is 23.0 Å². The van der Waals surface area contributed by atoms with Crippen molar-refractivity contribution in [3.63, 3.8) is 0 Å². The highest BCUT2D eigenvalue weighted by atomic mass is 15.1. The molecule has 5 heteroatoms. The summed E-state index contributed by atoms with van der Waals surface area (Å²) >= 11 is 0. The fourth-order valence-electron chi connectivity index (χ4n) is 2.01. The molecule has 3 N–H and O–H groups in total. The fourth-order valence-corrected chi connectivity index (χ4v) is 2.01. The number of aryl methyl sites for hydroxylation is 1. The van der Waals surface area contributed by atoms with E-state index in [9.17, 15) is 0 Å². The van der Waals surface area contributed by atoms with E-state index in [-0.39, 0.29) is 0 Å². The number of nitrogens with zero attached hydrogens (tertiary/aromatic N) is 2. The van der Waals surface area contributed by atoms with Crippen molar-refractivity contribution >= 4 is 23.0 Å². The van der Waals surface area contributed by atoms with Crippen molar-refractivity contribution < 1.29 is 0 Å². The Labute approximate surface area is 118 Å². The lowest BCUT2D eigenvalue weighted by Gasteiger charge is -2.10. The highest BCUT2D eigenvalue weighted by molar-refractivity contribution is 5.62. The van der Waals surface area contributed by atoms with E-state index in [2.05, 4.69) is 25.9 Å². The molecule has 0 saturated heterocycles. The molecule has 1 aliphatic carbocycles. The van der Waals surface area contributed by atoms with Crippen molar-refractivity contribution in [3.8, 4) is 0 Å². The Bertz CT molecular complexity index is 590. The summed E-state index contributed by atoms with van der Waals surface area (Å²) in [4.78, 5) is 8.83. The van der Waals surface area contributed by atoms with E-state index in [4.69, 9.17) is 0 Å². The molecule has 104 valence electrons. The quantitative estimate of drug-likeness (QED) is 0.778. The van der Waals surface area contributed by atoms with Gasteiger partial charge in [0.2, 0.25) is 0 Å². The first-order chi connectivity index (χ1) is 9.72. The minimum Gasteiger partial charge on any atom is -0.388 e. The van der Waals surface area contributed by atoms with Crippen molar-refractivity contribution in [1.29, 1.82) is 0 Å². The first-order valence-corrected chi connectivity index (χ1v) is 6.90. The van der Waals surface area contributed by atoms with Gasteiger partial charge in [-0.25, -0.2) is 9.97 Å². The van der Waals surface area contributed by atoms with Crippen LogP contribution in [0.25, 0.3) is 0 Å². The number of rotatable bonds is 5. The molecule has 1 fully saturated rings. The number of hydrogen-bond acceptors (Lipinski definition) is 5. The van der Waals surface area contributed by atoms with Gasteiger partial charge in [0, 0.05) is 30.5 Å². The summed E-state index contributed by atoms with van der Waals surface area (Å²) in [7, 11) is 1.91. The van der Waals surface area contributed by atoms with Crippen LogP contribution in [0.1, 0.15) is 18.7 Å². The van der Waals surface area contributed by atoms with Crippen LogP contribution in [0.4, 0.5) is 23.0 Å². The molecule has 0 radical (unpaired) electrons. The largest absolute Gasteiger partial charge is 0.388 e. The van der Waals surface area contributed by atoms with Gasteiger partial charge in [-0.2, -0.15) is 0 Å². The Morgan fingerprint density at radius 3 is 2.30 bits per heavy atom. The van der Waals surface area contributed by atoms with E-state index in [1.165, 1.54) is 12.8 Å². The van der Waals surface area contributed by atoms with Gasteiger partial charge >= 0.3 is 0 Å². The molecule has 0 unspecified atom stereocenters. The van der Waals surface area contributed by atoms with Crippen LogP contribution < -0.4 is 16.0 Å². The monoisotopic (exact) mass is 269 g/mol. The van der Waals surface area contributed by atoms with E-state index >= 15 is 0 Å². The summed E-state index contributed by atoms with van der Waals surface area (Å²) in [6, 6.07) is 10.7. The summed E-state index contributed by atoms with van der Waals surface area (Å²) in [5.74, 6) is 2.48. The molecule has 0 bridgehead atoms. The van der Waals surface area contributed by atoms with E-state index in [0.29, 0.717) is 6.04 Å². The molecule has 5 nitrogen and oxygen atoms in total. The molecule has 1 heterocycles. The van der Waals surface area contributed by atoms with Crippen molar-refractivity contribution in [1.82, 2.24) is 9.97 Å². The molecule has 0 aliphatic heterocycles. The predicted molar refractivity (Wildman–Crippen MR) is 82.7 cm³/mol. The zero-order valence-electron chi connectivity index (χ0n) is 11.8. The maximum Gasteiger partial charge on any atom is 0.136 e. The minimum absolute atomic E-state index is 0.590. The maximum absolute atomic E-state index is 4.42. The lowest BCUT2D eigenvalue weighted by atomic mass is 10.3. The van der Waals surface area contributed by atoms with Gasteiger partial charge in [-0.3, -0.25) is 0 Å². The Hall–Kier alpha value is -2.30. The second kappa shape index (κ2) is 5.36.